The van der Waals surface area contributed by atoms with Gasteiger partial charge < -0.3 is 10.4 Å². The summed E-state index contributed by atoms with van der Waals surface area (Å²) in [5.74, 6) is -0.0709. The van der Waals surface area contributed by atoms with Crippen molar-refractivity contribution in [1.29, 1.82) is 5.26 Å². The maximum Gasteiger partial charge on any atom is 0.220 e. The molecular formula is C12H14N2O2. The van der Waals surface area contributed by atoms with Gasteiger partial charge in [-0.1, -0.05) is 12.1 Å². The summed E-state index contributed by atoms with van der Waals surface area (Å²) in [5, 5.41) is 19.7. The highest BCUT2D eigenvalue weighted by molar-refractivity contribution is 5.76. The Morgan fingerprint density at radius 1 is 1.38 bits per heavy atom. The van der Waals surface area contributed by atoms with E-state index in [2.05, 4.69) is 5.32 Å². The Balaban J connectivity index is 2.37. The minimum Gasteiger partial charge on any atom is -0.395 e. The van der Waals surface area contributed by atoms with Crippen LogP contribution in [-0.2, 0) is 11.2 Å². The standard InChI is InChI=1S/C12H14N2O2/c13-9-11-3-1-10(2-4-11)5-6-12(16)14-7-8-15/h1-4,15H,5-8H2,(H,14,16). The highest BCUT2D eigenvalue weighted by Gasteiger charge is 2.01. The van der Waals surface area contributed by atoms with Gasteiger partial charge in [-0.05, 0) is 24.1 Å². The zero-order valence-corrected chi connectivity index (χ0v) is 8.94. The molecule has 0 aliphatic heterocycles. The van der Waals surface area contributed by atoms with E-state index < -0.39 is 0 Å². The number of aryl methyl sites for hydroxylation is 1. The van der Waals surface area contributed by atoms with E-state index in [1.54, 1.807) is 12.1 Å². The molecule has 0 bridgehead atoms. The molecule has 16 heavy (non-hydrogen) atoms. The van der Waals surface area contributed by atoms with E-state index >= 15 is 0 Å². The lowest BCUT2D eigenvalue weighted by atomic mass is 10.1. The van der Waals surface area contributed by atoms with Crippen molar-refractivity contribution in [3.05, 3.63) is 35.4 Å². The number of nitrogens with one attached hydrogen (secondary N) is 1. The minimum atomic E-state index is -0.0709. The van der Waals surface area contributed by atoms with Crippen LogP contribution >= 0.6 is 0 Å². The molecule has 0 atom stereocenters. The fourth-order valence-corrected chi connectivity index (χ4v) is 1.29. The van der Waals surface area contributed by atoms with Crippen LogP contribution in [0.1, 0.15) is 17.5 Å². The van der Waals surface area contributed by atoms with E-state index in [1.165, 1.54) is 0 Å². The Kier molecular flexibility index (Phi) is 5.03. The van der Waals surface area contributed by atoms with Crippen LogP contribution in [-0.4, -0.2) is 24.2 Å². The largest absolute Gasteiger partial charge is 0.395 e. The number of rotatable bonds is 5. The first-order valence-corrected chi connectivity index (χ1v) is 5.13. The zero-order chi connectivity index (χ0) is 11.8. The molecule has 2 N–H and O–H groups in total. The molecular weight excluding hydrogens is 204 g/mol. The summed E-state index contributed by atoms with van der Waals surface area (Å²) in [7, 11) is 0. The Morgan fingerprint density at radius 3 is 2.62 bits per heavy atom. The fourth-order valence-electron chi connectivity index (χ4n) is 1.29. The summed E-state index contributed by atoms with van der Waals surface area (Å²) in [5.41, 5.74) is 1.65. The molecule has 0 fully saturated rings. The molecule has 1 aromatic carbocycles. The van der Waals surface area contributed by atoms with Crippen LogP contribution in [0.5, 0.6) is 0 Å². The van der Waals surface area contributed by atoms with Crippen LogP contribution in [0, 0.1) is 11.3 Å². The van der Waals surface area contributed by atoms with Crippen LogP contribution in [0.2, 0.25) is 0 Å². The number of carbonyl (C=O) groups excluding carboxylic acids is 1. The molecule has 0 unspecified atom stereocenters. The molecule has 1 amide bonds. The van der Waals surface area contributed by atoms with Gasteiger partial charge in [0.1, 0.15) is 0 Å². The quantitative estimate of drug-likeness (QED) is 0.760. The van der Waals surface area contributed by atoms with Gasteiger partial charge in [0.2, 0.25) is 5.91 Å². The van der Waals surface area contributed by atoms with Crippen molar-refractivity contribution in [3.63, 3.8) is 0 Å². The third-order valence-corrected chi connectivity index (χ3v) is 2.16. The van der Waals surface area contributed by atoms with Crippen molar-refractivity contribution in [3.8, 4) is 6.07 Å². The molecule has 4 nitrogen and oxygen atoms in total. The van der Waals surface area contributed by atoms with Gasteiger partial charge in [0.05, 0.1) is 18.2 Å². The van der Waals surface area contributed by atoms with E-state index in [0.717, 1.165) is 5.56 Å². The first kappa shape index (κ1) is 12.2. The number of aliphatic hydroxyl groups excluding tert-OH is 1. The molecule has 0 spiro atoms. The normalized spacial score (nSPS) is 9.50. The van der Waals surface area contributed by atoms with Crippen molar-refractivity contribution in [2.24, 2.45) is 0 Å². The maximum absolute atomic E-state index is 11.2. The highest BCUT2D eigenvalue weighted by atomic mass is 16.3. The van der Waals surface area contributed by atoms with Crippen LogP contribution in [0.4, 0.5) is 0 Å². The average Bonchev–Trinajstić information content (AvgIpc) is 2.34. The second-order valence-corrected chi connectivity index (χ2v) is 3.38. The highest BCUT2D eigenvalue weighted by Crippen LogP contribution is 2.05. The summed E-state index contributed by atoms with van der Waals surface area (Å²) >= 11 is 0. The number of nitriles is 1. The molecule has 0 heterocycles. The summed E-state index contributed by atoms with van der Waals surface area (Å²) in [6.45, 7) is 0.259. The van der Waals surface area contributed by atoms with Crippen LogP contribution in [0.3, 0.4) is 0 Å². The van der Waals surface area contributed by atoms with Crippen molar-refractivity contribution in [1.82, 2.24) is 5.32 Å². The molecule has 4 heteroatoms. The number of carbonyl (C=O) groups is 1. The van der Waals surface area contributed by atoms with Gasteiger partial charge in [-0.25, -0.2) is 0 Å². The van der Waals surface area contributed by atoms with Gasteiger partial charge in [-0.2, -0.15) is 5.26 Å². The molecule has 0 saturated carbocycles. The smallest absolute Gasteiger partial charge is 0.220 e. The first-order valence-electron chi connectivity index (χ1n) is 5.13. The topological polar surface area (TPSA) is 73.1 Å². The van der Waals surface area contributed by atoms with Gasteiger partial charge in [0.15, 0.2) is 0 Å². The number of amides is 1. The van der Waals surface area contributed by atoms with Gasteiger partial charge in [0, 0.05) is 13.0 Å². The van der Waals surface area contributed by atoms with Crippen LogP contribution in [0.25, 0.3) is 0 Å². The molecule has 1 rings (SSSR count). The molecule has 0 aromatic heterocycles. The van der Waals surface area contributed by atoms with Crippen molar-refractivity contribution >= 4 is 5.91 Å². The molecule has 0 radical (unpaired) electrons. The molecule has 84 valence electrons. The molecule has 0 aliphatic carbocycles. The molecule has 0 aliphatic rings. The Hall–Kier alpha value is -1.86. The number of hydrogen-bond acceptors (Lipinski definition) is 3. The van der Waals surface area contributed by atoms with Crippen LogP contribution in [0.15, 0.2) is 24.3 Å². The lowest BCUT2D eigenvalue weighted by Crippen LogP contribution is -2.26. The minimum absolute atomic E-state index is 0.0391. The zero-order valence-electron chi connectivity index (χ0n) is 8.94. The predicted octanol–water partition coefficient (Wildman–Crippen LogP) is 0.599. The van der Waals surface area contributed by atoms with E-state index in [1.807, 2.05) is 18.2 Å². The molecule has 1 aromatic rings. The third-order valence-electron chi connectivity index (χ3n) is 2.16. The first-order chi connectivity index (χ1) is 7.76. The van der Waals surface area contributed by atoms with Crippen molar-refractivity contribution in [2.75, 3.05) is 13.2 Å². The maximum atomic E-state index is 11.2. The number of hydrogen-bond donors (Lipinski definition) is 2. The number of benzene rings is 1. The van der Waals surface area contributed by atoms with E-state index in [0.29, 0.717) is 24.9 Å². The average molecular weight is 218 g/mol. The van der Waals surface area contributed by atoms with Crippen molar-refractivity contribution in [2.45, 2.75) is 12.8 Å². The van der Waals surface area contributed by atoms with E-state index in [4.69, 9.17) is 10.4 Å². The predicted molar refractivity (Wildman–Crippen MR) is 59.6 cm³/mol. The summed E-state index contributed by atoms with van der Waals surface area (Å²) in [4.78, 5) is 11.2. The SMILES string of the molecule is N#Cc1ccc(CCC(=O)NCCO)cc1. The van der Waals surface area contributed by atoms with Crippen molar-refractivity contribution < 1.29 is 9.90 Å². The summed E-state index contributed by atoms with van der Waals surface area (Å²) in [6.07, 6.45) is 1.04. The van der Waals surface area contributed by atoms with E-state index in [9.17, 15) is 4.79 Å². The summed E-state index contributed by atoms with van der Waals surface area (Å²) in [6, 6.07) is 9.20. The lowest BCUT2D eigenvalue weighted by Gasteiger charge is -2.03. The Bertz CT molecular complexity index is 379. The monoisotopic (exact) mass is 218 g/mol. The number of nitrogens with zero attached hydrogens (tertiary/aromatic N) is 1. The van der Waals surface area contributed by atoms with Crippen LogP contribution < -0.4 is 5.32 Å². The Labute approximate surface area is 94.5 Å². The fraction of sp³-hybridized carbons (Fsp3) is 0.333. The van der Waals surface area contributed by atoms with E-state index in [-0.39, 0.29) is 12.5 Å². The van der Waals surface area contributed by atoms with Gasteiger partial charge >= 0.3 is 0 Å². The second kappa shape index (κ2) is 6.59. The van der Waals surface area contributed by atoms with Gasteiger partial charge in [0.25, 0.3) is 0 Å². The lowest BCUT2D eigenvalue weighted by molar-refractivity contribution is -0.121. The summed E-state index contributed by atoms with van der Waals surface area (Å²) < 4.78 is 0. The van der Waals surface area contributed by atoms with Gasteiger partial charge in [-0.15, -0.1) is 0 Å². The van der Waals surface area contributed by atoms with Gasteiger partial charge in [-0.3, -0.25) is 4.79 Å². The molecule has 0 saturated heterocycles. The second-order valence-electron chi connectivity index (χ2n) is 3.38. The Morgan fingerprint density at radius 2 is 2.06 bits per heavy atom. The number of aliphatic hydroxyl groups is 1. The third kappa shape index (κ3) is 4.11.